The lowest BCUT2D eigenvalue weighted by molar-refractivity contribution is -0.135. The van der Waals surface area contributed by atoms with Crippen molar-refractivity contribution in [1.29, 1.82) is 0 Å². The minimum atomic E-state index is -3.20. The monoisotopic (exact) mass is 289 g/mol. The lowest BCUT2D eigenvalue weighted by Gasteiger charge is -2.24. The second-order valence-electron chi connectivity index (χ2n) is 5.69. The molecule has 0 aromatic heterocycles. The number of carbonyl (C=O) groups is 1. The van der Waals surface area contributed by atoms with Crippen molar-refractivity contribution in [3.63, 3.8) is 0 Å². The van der Waals surface area contributed by atoms with E-state index >= 15 is 0 Å². The normalized spacial score (nSPS) is 31.9. The van der Waals surface area contributed by atoms with Crippen molar-refractivity contribution in [2.24, 2.45) is 17.6 Å². The fourth-order valence-electron chi connectivity index (χ4n) is 3.24. The van der Waals surface area contributed by atoms with E-state index < -0.39 is 10.0 Å². The second-order valence-corrected chi connectivity index (χ2v) is 7.47. The molecule has 6 nitrogen and oxygen atoms in total. The van der Waals surface area contributed by atoms with E-state index in [1.165, 1.54) is 0 Å². The fourth-order valence-corrected chi connectivity index (χ4v) is 4.04. The molecule has 1 unspecified atom stereocenters. The van der Waals surface area contributed by atoms with Crippen LogP contribution in [0.4, 0.5) is 0 Å². The average molecular weight is 289 g/mol. The van der Waals surface area contributed by atoms with Gasteiger partial charge < -0.3 is 10.6 Å². The Kier molecular flexibility index (Phi) is 4.47. The van der Waals surface area contributed by atoms with E-state index in [4.69, 9.17) is 5.73 Å². The molecular formula is C12H23N3O3S. The van der Waals surface area contributed by atoms with Crippen LogP contribution in [0.25, 0.3) is 0 Å². The highest BCUT2D eigenvalue weighted by Crippen LogP contribution is 2.33. The summed E-state index contributed by atoms with van der Waals surface area (Å²) in [7, 11) is -3.20. The maximum Gasteiger partial charge on any atom is 0.226 e. The number of hydrogen-bond donors (Lipinski definition) is 2. The van der Waals surface area contributed by atoms with Crippen molar-refractivity contribution in [1.82, 2.24) is 9.62 Å². The first-order chi connectivity index (χ1) is 8.90. The number of nitrogens with one attached hydrogen (secondary N) is 1. The van der Waals surface area contributed by atoms with Gasteiger partial charge in [-0.3, -0.25) is 4.79 Å². The van der Waals surface area contributed by atoms with Crippen LogP contribution in [0.1, 0.15) is 25.7 Å². The summed E-state index contributed by atoms with van der Waals surface area (Å²) in [5.74, 6) is 0.502. The number of hydrogen-bond acceptors (Lipinski definition) is 4. The van der Waals surface area contributed by atoms with Crippen molar-refractivity contribution in [3.05, 3.63) is 0 Å². The van der Waals surface area contributed by atoms with Gasteiger partial charge in [0.25, 0.3) is 0 Å². The van der Waals surface area contributed by atoms with E-state index in [1.54, 1.807) is 4.90 Å². The number of nitrogens with two attached hydrogens (primary N) is 1. The molecule has 2 rings (SSSR count). The van der Waals surface area contributed by atoms with E-state index in [9.17, 15) is 13.2 Å². The summed E-state index contributed by atoms with van der Waals surface area (Å²) >= 11 is 0. The van der Waals surface area contributed by atoms with Crippen LogP contribution < -0.4 is 10.5 Å². The predicted molar refractivity (Wildman–Crippen MR) is 72.8 cm³/mol. The van der Waals surface area contributed by atoms with Gasteiger partial charge in [0.05, 0.1) is 6.26 Å². The first-order valence-electron chi connectivity index (χ1n) is 6.87. The highest BCUT2D eigenvalue weighted by atomic mass is 32.2. The molecule has 2 fully saturated rings. The van der Waals surface area contributed by atoms with Gasteiger partial charge in [-0.05, 0) is 31.7 Å². The summed E-state index contributed by atoms with van der Waals surface area (Å²) in [6, 6.07) is -0.142. The Morgan fingerprint density at radius 3 is 2.74 bits per heavy atom. The molecule has 1 aliphatic carbocycles. The Morgan fingerprint density at radius 2 is 2.11 bits per heavy atom. The molecule has 3 N–H and O–H groups in total. The molecule has 1 saturated heterocycles. The summed E-state index contributed by atoms with van der Waals surface area (Å²) in [6.45, 7) is 1.69. The van der Waals surface area contributed by atoms with E-state index in [1.807, 2.05) is 0 Å². The Balaban J connectivity index is 1.91. The molecule has 7 heteroatoms. The van der Waals surface area contributed by atoms with Gasteiger partial charge in [0.1, 0.15) is 0 Å². The summed E-state index contributed by atoms with van der Waals surface area (Å²) in [4.78, 5) is 14.2. The molecule has 1 heterocycles. The maximum absolute atomic E-state index is 12.4. The minimum Gasteiger partial charge on any atom is -0.341 e. The van der Waals surface area contributed by atoms with E-state index in [2.05, 4.69) is 4.72 Å². The summed E-state index contributed by atoms with van der Waals surface area (Å²) in [5, 5.41) is 0. The summed E-state index contributed by atoms with van der Waals surface area (Å²) in [5.41, 5.74) is 5.71. The Hall–Kier alpha value is -0.660. The summed E-state index contributed by atoms with van der Waals surface area (Å²) < 4.78 is 24.9. The van der Waals surface area contributed by atoms with Crippen molar-refractivity contribution < 1.29 is 13.2 Å². The van der Waals surface area contributed by atoms with Crippen LogP contribution in [0, 0.1) is 11.8 Å². The van der Waals surface area contributed by atoms with Crippen LogP contribution in [0.15, 0.2) is 0 Å². The van der Waals surface area contributed by atoms with Crippen LogP contribution >= 0.6 is 0 Å². The number of amides is 1. The third kappa shape index (κ3) is 3.67. The zero-order valence-electron chi connectivity index (χ0n) is 11.3. The second kappa shape index (κ2) is 5.76. The van der Waals surface area contributed by atoms with Gasteiger partial charge in [0.15, 0.2) is 0 Å². The average Bonchev–Trinajstić information content (AvgIpc) is 2.93. The van der Waals surface area contributed by atoms with Gasteiger partial charge in [0, 0.05) is 25.0 Å². The fraction of sp³-hybridized carbons (Fsp3) is 0.917. The third-order valence-electron chi connectivity index (χ3n) is 4.16. The highest BCUT2D eigenvalue weighted by molar-refractivity contribution is 7.88. The molecule has 0 spiro atoms. The topological polar surface area (TPSA) is 92.5 Å². The van der Waals surface area contributed by atoms with E-state index in [0.29, 0.717) is 32.0 Å². The Labute approximate surface area is 114 Å². The molecule has 0 aromatic rings. The number of carbonyl (C=O) groups excluding carboxylic acids is 1. The van der Waals surface area contributed by atoms with Crippen molar-refractivity contribution >= 4 is 15.9 Å². The third-order valence-corrected chi connectivity index (χ3v) is 4.92. The zero-order valence-corrected chi connectivity index (χ0v) is 12.2. The van der Waals surface area contributed by atoms with E-state index in [0.717, 1.165) is 25.5 Å². The number of rotatable bonds is 4. The molecule has 0 aromatic carbocycles. The Bertz CT molecular complexity index is 438. The molecule has 110 valence electrons. The standard InChI is InChI=1S/C12H23N3O3S/c1-19(17,18)14-10-5-6-15(8-10)12(16)11-4-2-3-9(11)7-13/h9-11,14H,2-8,13H2,1H3/t9-,10?,11-/m1/s1. The SMILES string of the molecule is CS(=O)(=O)NC1CCN(C(=O)[C@@H]2CCC[C@@H]2CN)C1. The predicted octanol–water partition coefficient (Wildman–Crippen LogP) is -0.488. The molecule has 0 bridgehead atoms. The maximum atomic E-state index is 12.4. The van der Waals surface area contributed by atoms with Crippen LogP contribution in [-0.2, 0) is 14.8 Å². The number of nitrogens with zero attached hydrogens (tertiary/aromatic N) is 1. The molecule has 1 amide bonds. The summed E-state index contributed by atoms with van der Waals surface area (Å²) in [6.07, 6.45) is 4.86. The van der Waals surface area contributed by atoms with Gasteiger partial charge in [-0.15, -0.1) is 0 Å². The van der Waals surface area contributed by atoms with Crippen molar-refractivity contribution in [2.75, 3.05) is 25.9 Å². The van der Waals surface area contributed by atoms with Gasteiger partial charge in [-0.2, -0.15) is 0 Å². The van der Waals surface area contributed by atoms with Crippen molar-refractivity contribution in [3.8, 4) is 0 Å². The van der Waals surface area contributed by atoms with Crippen LogP contribution in [-0.4, -0.2) is 51.2 Å². The molecular weight excluding hydrogens is 266 g/mol. The van der Waals surface area contributed by atoms with Crippen LogP contribution in [0.2, 0.25) is 0 Å². The molecule has 1 aliphatic heterocycles. The van der Waals surface area contributed by atoms with Crippen LogP contribution in [0.5, 0.6) is 0 Å². The lowest BCUT2D eigenvalue weighted by atomic mass is 9.95. The zero-order chi connectivity index (χ0) is 14.0. The largest absolute Gasteiger partial charge is 0.341 e. The quantitative estimate of drug-likeness (QED) is 0.730. The molecule has 0 radical (unpaired) electrons. The lowest BCUT2D eigenvalue weighted by Crippen LogP contribution is -2.41. The van der Waals surface area contributed by atoms with E-state index in [-0.39, 0.29) is 17.9 Å². The minimum absolute atomic E-state index is 0.0435. The van der Waals surface area contributed by atoms with Crippen LogP contribution in [0.3, 0.4) is 0 Å². The molecule has 3 atom stereocenters. The molecule has 1 saturated carbocycles. The number of sulfonamides is 1. The van der Waals surface area contributed by atoms with Gasteiger partial charge in [-0.1, -0.05) is 6.42 Å². The highest BCUT2D eigenvalue weighted by Gasteiger charge is 2.37. The molecule has 19 heavy (non-hydrogen) atoms. The smallest absolute Gasteiger partial charge is 0.226 e. The Morgan fingerprint density at radius 1 is 1.37 bits per heavy atom. The first kappa shape index (κ1) is 14.7. The van der Waals surface area contributed by atoms with Gasteiger partial charge in [-0.25, -0.2) is 13.1 Å². The van der Waals surface area contributed by atoms with Crippen molar-refractivity contribution in [2.45, 2.75) is 31.7 Å². The molecule has 2 aliphatic rings. The van der Waals surface area contributed by atoms with Gasteiger partial charge in [0.2, 0.25) is 15.9 Å². The number of likely N-dealkylation sites (tertiary alicyclic amines) is 1. The first-order valence-corrected chi connectivity index (χ1v) is 8.76. The van der Waals surface area contributed by atoms with Gasteiger partial charge >= 0.3 is 0 Å².